The second kappa shape index (κ2) is 8.94. The fourth-order valence-corrected chi connectivity index (χ4v) is 4.23. The van der Waals surface area contributed by atoms with Gasteiger partial charge in [0.2, 0.25) is 0 Å². The summed E-state index contributed by atoms with van der Waals surface area (Å²) in [5.41, 5.74) is 4.23. The van der Waals surface area contributed by atoms with Crippen LogP contribution in [0.25, 0.3) is 10.9 Å². The molecule has 0 radical (unpaired) electrons. The third-order valence-electron chi connectivity index (χ3n) is 5.87. The fourth-order valence-electron chi connectivity index (χ4n) is 4.23. The smallest absolute Gasteiger partial charge is 0.335 e. The van der Waals surface area contributed by atoms with Gasteiger partial charge in [-0.1, -0.05) is 32.4 Å². The molecule has 0 amide bonds. The lowest BCUT2D eigenvalue weighted by Crippen LogP contribution is -2.28. The van der Waals surface area contributed by atoms with Crippen LogP contribution in [0.3, 0.4) is 0 Å². The van der Waals surface area contributed by atoms with E-state index in [1.54, 1.807) is 12.1 Å². The Bertz CT molecular complexity index is 1110. The van der Waals surface area contributed by atoms with Crippen LogP contribution in [-0.4, -0.2) is 44.9 Å². The molecule has 3 aromatic rings. The van der Waals surface area contributed by atoms with E-state index in [1.807, 2.05) is 26.0 Å². The zero-order valence-electron chi connectivity index (χ0n) is 18.1. The Morgan fingerprint density at radius 2 is 1.81 bits per heavy atom. The molecule has 1 aliphatic heterocycles. The summed E-state index contributed by atoms with van der Waals surface area (Å²) < 4.78 is 0. The number of carboxylic acids is 1. The number of rotatable bonds is 6. The van der Waals surface area contributed by atoms with Crippen LogP contribution in [0.4, 0.5) is 5.69 Å². The number of aliphatic imine (C=N–C) groups is 1. The molecular formula is C25H29N3O3. The summed E-state index contributed by atoms with van der Waals surface area (Å²) in [6.07, 6.45) is 3.88. The van der Waals surface area contributed by atoms with Crippen molar-refractivity contribution < 1.29 is 15.0 Å². The second-order valence-corrected chi connectivity index (χ2v) is 8.57. The van der Waals surface area contributed by atoms with E-state index in [4.69, 9.17) is 4.99 Å². The van der Waals surface area contributed by atoms with Crippen LogP contribution in [0.5, 0.6) is 5.88 Å². The Kier molecular flexibility index (Phi) is 6.09. The molecule has 162 valence electrons. The Morgan fingerprint density at radius 3 is 2.45 bits per heavy atom. The predicted octanol–water partition coefficient (Wildman–Crippen LogP) is 5.33. The molecule has 0 spiro atoms. The van der Waals surface area contributed by atoms with Gasteiger partial charge in [0.25, 0.3) is 0 Å². The molecule has 6 nitrogen and oxygen atoms in total. The van der Waals surface area contributed by atoms with Crippen LogP contribution < -0.4 is 0 Å². The minimum atomic E-state index is -0.999. The van der Waals surface area contributed by atoms with Gasteiger partial charge in [-0.25, -0.2) is 4.79 Å². The van der Waals surface area contributed by atoms with Gasteiger partial charge >= 0.3 is 5.97 Å². The van der Waals surface area contributed by atoms with E-state index < -0.39 is 5.97 Å². The number of carboxylic acid groups (broad SMARTS) is 1. The first-order chi connectivity index (χ1) is 14.9. The second-order valence-electron chi connectivity index (χ2n) is 8.57. The third kappa shape index (κ3) is 4.64. The van der Waals surface area contributed by atoms with Crippen LogP contribution in [0.1, 0.15) is 54.6 Å². The first-order valence-corrected chi connectivity index (χ1v) is 10.9. The quantitative estimate of drug-likeness (QED) is 0.471. The van der Waals surface area contributed by atoms with Gasteiger partial charge in [-0.3, -0.25) is 9.89 Å². The SMILES string of the molecule is CC(C)C(=Nc1ccc(CN2CCCCC2)cc1)c1c(O)[nH]c2ccc(C(=O)O)cc12. The molecule has 0 aliphatic carbocycles. The Morgan fingerprint density at radius 1 is 1.10 bits per heavy atom. The number of piperidine rings is 1. The van der Waals surface area contributed by atoms with Crippen LogP contribution in [-0.2, 0) is 6.54 Å². The average Bonchev–Trinajstić information content (AvgIpc) is 3.08. The van der Waals surface area contributed by atoms with E-state index in [0.717, 1.165) is 31.0 Å². The highest BCUT2D eigenvalue weighted by atomic mass is 16.4. The molecule has 0 saturated carbocycles. The highest BCUT2D eigenvalue weighted by molar-refractivity contribution is 6.15. The number of nitrogens with one attached hydrogen (secondary N) is 1. The van der Waals surface area contributed by atoms with Crippen molar-refractivity contribution in [2.24, 2.45) is 10.9 Å². The number of hydrogen-bond donors (Lipinski definition) is 3. The van der Waals surface area contributed by atoms with Gasteiger partial charge < -0.3 is 15.2 Å². The highest BCUT2D eigenvalue weighted by Gasteiger charge is 2.20. The molecule has 1 fully saturated rings. The van der Waals surface area contributed by atoms with Gasteiger partial charge in [0.15, 0.2) is 5.88 Å². The number of hydrogen-bond acceptors (Lipinski definition) is 4. The molecule has 0 bridgehead atoms. The summed E-state index contributed by atoms with van der Waals surface area (Å²) in [6, 6.07) is 13.0. The van der Waals surface area contributed by atoms with Gasteiger partial charge in [0, 0.05) is 17.4 Å². The zero-order valence-corrected chi connectivity index (χ0v) is 18.1. The maximum Gasteiger partial charge on any atom is 0.335 e. The number of aromatic amines is 1. The molecule has 31 heavy (non-hydrogen) atoms. The number of benzene rings is 2. The molecule has 1 aliphatic rings. The predicted molar refractivity (Wildman–Crippen MR) is 124 cm³/mol. The number of aromatic nitrogens is 1. The third-order valence-corrected chi connectivity index (χ3v) is 5.87. The van der Waals surface area contributed by atoms with E-state index >= 15 is 0 Å². The van der Waals surface area contributed by atoms with Crippen molar-refractivity contribution in [3.05, 3.63) is 59.2 Å². The van der Waals surface area contributed by atoms with E-state index in [-0.39, 0.29) is 17.4 Å². The lowest BCUT2D eigenvalue weighted by atomic mass is 9.97. The molecule has 1 aromatic heterocycles. The number of likely N-dealkylation sites (tertiary alicyclic amines) is 1. The number of carbonyl (C=O) groups is 1. The molecule has 1 saturated heterocycles. The van der Waals surface area contributed by atoms with E-state index in [0.29, 0.717) is 16.5 Å². The first kappa shape index (κ1) is 21.1. The van der Waals surface area contributed by atoms with Crippen molar-refractivity contribution in [1.29, 1.82) is 0 Å². The molecule has 3 N–H and O–H groups in total. The minimum Gasteiger partial charge on any atom is -0.494 e. The molecule has 6 heteroatoms. The van der Waals surface area contributed by atoms with Crippen molar-refractivity contribution in [1.82, 2.24) is 9.88 Å². The van der Waals surface area contributed by atoms with Crippen LogP contribution >= 0.6 is 0 Å². The van der Waals surface area contributed by atoms with Gasteiger partial charge in [-0.15, -0.1) is 0 Å². The summed E-state index contributed by atoms with van der Waals surface area (Å²) in [4.78, 5) is 21.7. The normalized spacial score (nSPS) is 15.6. The van der Waals surface area contributed by atoms with Gasteiger partial charge in [0.1, 0.15) is 0 Å². The van der Waals surface area contributed by atoms with Crippen molar-refractivity contribution in [2.45, 2.75) is 39.7 Å². The molecule has 0 atom stereocenters. The van der Waals surface area contributed by atoms with Crippen LogP contribution in [0, 0.1) is 5.92 Å². The van der Waals surface area contributed by atoms with Gasteiger partial charge in [0.05, 0.1) is 22.5 Å². The maximum atomic E-state index is 11.4. The topological polar surface area (TPSA) is 88.9 Å². The van der Waals surface area contributed by atoms with Crippen LogP contribution in [0.15, 0.2) is 47.5 Å². The fraction of sp³-hybridized carbons (Fsp3) is 0.360. The summed E-state index contributed by atoms with van der Waals surface area (Å²) in [6.45, 7) is 7.32. The Balaban J connectivity index is 1.67. The summed E-state index contributed by atoms with van der Waals surface area (Å²) in [5, 5.41) is 20.6. The maximum absolute atomic E-state index is 11.4. The average molecular weight is 420 g/mol. The van der Waals surface area contributed by atoms with E-state index in [1.165, 1.54) is 30.9 Å². The van der Waals surface area contributed by atoms with Crippen LogP contribution in [0.2, 0.25) is 0 Å². The first-order valence-electron chi connectivity index (χ1n) is 10.9. The number of aromatic hydroxyl groups is 1. The zero-order chi connectivity index (χ0) is 22.0. The lowest BCUT2D eigenvalue weighted by molar-refractivity contribution is 0.0697. The molecule has 4 rings (SSSR count). The van der Waals surface area contributed by atoms with Crippen molar-refractivity contribution in [3.63, 3.8) is 0 Å². The summed E-state index contributed by atoms with van der Waals surface area (Å²) in [7, 11) is 0. The summed E-state index contributed by atoms with van der Waals surface area (Å²) in [5.74, 6) is -0.959. The summed E-state index contributed by atoms with van der Waals surface area (Å²) >= 11 is 0. The number of nitrogens with zero attached hydrogens (tertiary/aromatic N) is 2. The van der Waals surface area contributed by atoms with Gasteiger partial charge in [-0.2, -0.15) is 0 Å². The van der Waals surface area contributed by atoms with Crippen molar-refractivity contribution >= 4 is 28.3 Å². The lowest BCUT2D eigenvalue weighted by Gasteiger charge is -2.26. The Labute approximate surface area is 182 Å². The molecule has 2 aromatic carbocycles. The number of aromatic carboxylic acids is 1. The monoisotopic (exact) mass is 419 g/mol. The van der Waals surface area contributed by atoms with Crippen molar-refractivity contribution in [3.8, 4) is 5.88 Å². The molecule has 2 heterocycles. The number of H-pyrrole nitrogens is 1. The van der Waals surface area contributed by atoms with E-state index in [2.05, 4.69) is 22.0 Å². The molecule has 0 unspecified atom stereocenters. The standard InChI is InChI=1S/C25H29N3O3/c1-16(2)23(22-20-14-18(25(30)31)8-11-21(20)27-24(22)29)26-19-9-6-17(7-10-19)15-28-12-4-3-5-13-28/h6-11,14,16,27,29H,3-5,12-13,15H2,1-2H3,(H,30,31). The molecular weight excluding hydrogens is 390 g/mol. The van der Waals surface area contributed by atoms with E-state index in [9.17, 15) is 15.0 Å². The minimum absolute atomic E-state index is 0.00621. The van der Waals surface area contributed by atoms with Gasteiger partial charge in [-0.05, 0) is 67.7 Å². The Hall–Kier alpha value is -3.12. The number of fused-ring (bicyclic) bond motifs is 1. The largest absolute Gasteiger partial charge is 0.494 e. The van der Waals surface area contributed by atoms with Crippen molar-refractivity contribution in [2.75, 3.05) is 13.1 Å². The highest BCUT2D eigenvalue weighted by Crippen LogP contribution is 2.32.